The number of hydrogen-bond acceptors (Lipinski definition) is 6. The SMILES string of the molecule is NC(=O)C(O)C1CC2(CCN1Cc1ccccn1)c1ccccc1N(c1ccc(-c3ccccc3)cc1)C2O. The second-order valence-corrected chi connectivity index (χ2v) is 10.5. The molecule has 6 rings (SSSR count). The van der Waals surface area contributed by atoms with E-state index in [1.807, 2.05) is 71.6 Å². The Balaban J connectivity index is 1.35. The minimum Gasteiger partial charge on any atom is -0.382 e. The number of aliphatic hydroxyl groups is 2. The van der Waals surface area contributed by atoms with Crippen LogP contribution in [0.2, 0.25) is 0 Å². The topological polar surface area (TPSA) is 103 Å². The number of aromatic nitrogens is 1. The highest BCUT2D eigenvalue weighted by molar-refractivity contribution is 5.80. The van der Waals surface area contributed by atoms with Gasteiger partial charge in [-0.2, -0.15) is 0 Å². The van der Waals surface area contributed by atoms with Gasteiger partial charge in [-0.1, -0.05) is 66.7 Å². The van der Waals surface area contributed by atoms with E-state index in [9.17, 15) is 15.0 Å². The number of pyridine rings is 1. The zero-order valence-corrected chi connectivity index (χ0v) is 21.6. The highest BCUT2D eigenvalue weighted by Crippen LogP contribution is 2.54. The lowest BCUT2D eigenvalue weighted by Crippen LogP contribution is -2.59. The molecule has 7 nitrogen and oxygen atoms in total. The highest BCUT2D eigenvalue weighted by Gasteiger charge is 2.55. The summed E-state index contributed by atoms with van der Waals surface area (Å²) in [6.45, 7) is 1.05. The van der Waals surface area contributed by atoms with E-state index in [0.717, 1.165) is 33.8 Å². The van der Waals surface area contributed by atoms with Gasteiger partial charge in [0.05, 0.1) is 5.69 Å². The second kappa shape index (κ2) is 10.3. The monoisotopic (exact) mass is 520 g/mol. The number of piperidine rings is 1. The fourth-order valence-corrected chi connectivity index (χ4v) is 6.34. The maximum absolute atomic E-state index is 12.2. The van der Waals surface area contributed by atoms with Crippen molar-refractivity contribution < 1.29 is 15.0 Å². The number of likely N-dealkylation sites (tertiary alicyclic amines) is 1. The Kier molecular flexibility index (Phi) is 6.64. The third-order valence-electron chi connectivity index (χ3n) is 8.33. The summed E-state index contributed by atoms with van der Waals surface area (Å²) < 4.78 is 0. The van der Waals surface area contributed by atoms with E-state index < -0.39 is 29.7 Å². The van der Waals surface area contributed by atoms with Crippen molar-refractivity contribution in [1.82, 2.24) is 9.88 Å². The molecule has 2 aliphatic heterocycles. The molecule has 39 heavy (non-hydrogen) atoms. The molecule has 0 saturated carbocycles. The molecule has 1 aromatic heterocycles. The summed E-state index contributed by atoms with van der Waals surface area (Å²) in [5.41, 5.74) is 10.8. The van der Waals surface area contributed by atoms with Crippen molar-refractivity contribution in [3.63, 3.8) is 0 Å². The van der Waals surface area contributed by atoms with Crippen LogP contribution in [0.15, 0.2) is 103 Å². The summed E-state index contributed by atoms with van der Waals surface area (Å²) in [5, 5.41) is 23.0. The molecule has 4 unspecified atom stereocenters. The number of aliphatic hydroxyl groups excluding tert-OH is 2. The molecule has 2 aliphatic rings. The van der Waals surface area contributed by atoms with Gasteiger partial charge in [0.1, 0.15) is 12.3 Å². The summed E-state index contributed by atoms with van der Waals surface area (Å²) in [4.78, 5) is 20.7. The number of nitrogens with zero attached hydrogens (tertiary/aromatic N) is 3. The number of fused-ring (bicyclic) bond motifs is 2. The lowest BCUT2D eigenvalue weighted by Gasteiger charge is -2.48. The predicted octanol–water partition coefficient (Wildman–Crippen LogP) is 3.97. The van der Waals surface area contributed by atoms with Gasteiger partial charge in [0, 0.05) is 35.6 Å². The van der Waals surface area contributed by atoms with Crippen LogP contribution in [0.25, 0.3) is 11.1 Å². The lowest BCUT2D eigenvalue weighted by molar-refractivity contribution is -0.132. The normalized spacial score (nSPS) is 23.5. The zero-order valence-electron chi connectivity index (χ0n) is 21.6. The van der Waals surface area contributed by atoms with Gasteiger partial charge in [0.25, 0.3) is 0 Å². The van der Waals surface area contributed by atoms with Crippen molar-refractivity contribution in [3.8, 4) is 11.1 Å². The van der Waals surface area contributed by atoms with E-state index in [1.165, 1.54) is 0 Å². The van der Waals surface area contributed by atoms with E-state index in [-0.39, 0.29) is 0 Å². The molecule has 1 amide bonds. The number of para-hydroxylation sites is 1. The molecule has 1 saturated heterocycles. The fraction of sp³-hybridized carbons (Fsp3) is 0.250. The van der Waals surface area contributed by atoms with Crippen molar-refractivity contribution in [3.05, 3.63) is 115 Å². The molecular weight excluding hydrogens is 488 g/mol. The zero-order chi connectivity index (χ0) is 27.0. The van der Waals surface area contributed by atoms with Gasteiger partial charge in [0.15, 0.2) is 0 Å². The number of benzene rings is 3. The minimum atomic E-state index is -1.37. The van der Waals surface area contributed by atoms with Crippen LogP contribution in [0.3, 0.4) is 0 Å². The number of carbonyl (C=O) groups excluding carboxylic acids is 1. The van der Waals surface area contributed by atoms with Crippen LogP contribution in [0.5, 0.6) is 0 Å². The molecule has 1 spiro atoms. The number of hydrogen-bond donors (Lipinski definition) is 3. The molecule has 0 radical (unpaired) electrons. The highest BCUT2D eigenvalue weighted by atomic mass is 16.3. The number of carbonyl (C=O) groups is 1. The fourth-order valence-electron chi connectivity index (χ4n) is 6.34. The Morgan fingerprint density at radius 1 is 0.949 bits per heavy atom. The number of anilines is 2. The average Bonchev–Trinajstić information content (AvgIpc) is 3.21. The molecule has 0 bridgehead atoms. The molecule has 0 aliphatic carbocycles. The first-order chi connectivity index (χ1) is 19.0. The second-order valence-electron chi connectivity index (χ2n) is 10.5. The van der Waals surface area contributed by atoms with Gasteiger partial charge in [-0.3, -0.25) is 14.7 Å². The summed E-state index contributed by atoms with van der Waals surface area (Å²) in [6, 6.07) is 31.6. The smallest absolute Gasteiger partial charge is 0.247 e. The van der Waals surface area contributed by atoms with Gasteiger partial charge in [0.2, 0.25) is 5.91 Å². The summed E-state index contributed by atoms with van der Waals surface area (Å²) in [7, 11) is 0. The quantitative estimate of drug-likeness (QED) is 0.356. The van der Waals surface area contributed by atoms with Crippen LogP contribution >= 0.6 is 0 Å². The van der Waals surface area contributed by atoms with Crippen molar-refractivity contribution in [2.45, 2.75) is 43.2 Å². The minimum absolute atomic E-state index is 0.376. The van der Waals surface area contributed by atoms with Crippen molar-refractivity contribution in [1.29, 1.82) is 0 Å². The van der Waals surface area contributed by atoms with Crippen LogP contribution in [0.4, 0.5) is 11.4 Å². The molecular formula is C32H32N4O3. The van der Waals surface area contributed by atoms with Gasteiger partial charge in [-0.25, -0.2) is 0 Å². The summed E-state index contributed by atoms with van der Waals surface area (Å²) in [5.74, 6) is -0.766. The molecule has 4 N–H and O–H groups in total. The van der Waals surface area contributed by atoms with E-state index in [2.05, 4.69) is 40.2 Å². The first-order valence-corrected chi connectivity index (χ1v) is 13.3. The van der Waals surface area contributed by atoms with E-state index in [0.29, 0.717) is 25.9 Å². The van der Waals surface area contributed by atoms with Crippen LogP contribution in [-0.2, 0) is 16.8 Å². The lowest BCUT2D eigenvalue weighted by atomic mass is 9.69. The standard InChI is InChI=1S/C32H32N4O3/c33-30(38)29(37)28-20-32(17-19-35(28)21-24-10-6-7-18-34-24)26-11-4-5-12-27(26)36(31(32)39)25-15-13-23(14-16-25)22-8-2-1-3-9-22/h1-16,18,28-29,31,37,39H,17,19-21H2,(H2,33,38). The van der Waals surface area contributed by atoms with Gasteiger partial charge in [-0.05, 0) is 66.4 Å². The Labute approximate surface area is 228 Å². The first kappa shape index (κ1) is 25.2. The van der Waals surface area contributed by atoms with E-state index in [4.69, 9.17) is 5.73 Å². The molecule has 4 atom stereocenters. The largest absolute Gasteiger partial charge is 0.382 e. The molecule has 198 valence electrons. The van der Waals surface area contributed by atoms with Gasteiger partial charge in [-0.15, -0.1) is 0 Å². The Morgan fingerprint density at radius 2 is 1.64 bits per heavy atom. The third-order valence-corrected chi connectivity index (χ3v) is 8.33. The number of rotatable bonds is 6. The molecule has 7 heteroatoms. The Bertz CT molecular complexity index is 1450. The number of nitrogens with two attached hydrogens (primary N) is 1. The third kappa shape index (κ3) is 4.48. The number of primary amides is 1. The van der Waals surface area contributed by atoms with Crippen LogP contribution in [0.1, 0.15) is 24.1 Å². The van der Waals surface area contributed by atoms with Crippen molar-refractivity contribution >= 4 is 17.3 Å². The molecule has 1 fully saturated rings. The Morgan fingerprint density at radius 3 is 2.36 bits per heavy atom. The van der Waals surface area contributed by atoms with E-state index in [1.54, 1.807) is 6.20 Å². The number of amides is 1. The van der Waals surface area contributed by atoms with Crippen LogP contribution in [-0.4, -0.2) is 50.9 Å². The van der Waals surface area contributed by atoms with Crippen LogP contribution in [0, 0.1) is 0 Å². The van der Waals surface area contributed by atoms with Crippen LogP contribution < -0.4 is 10.6 Å². The maximum atomic E-state index is 12.2. The average molecular weight is 521 g/mol. The first-order valence-electron chi connectivity index (χ1n) is 13.3. The summed E-state index contributed by atoms with van der Waals surface area (Å²) >= 11 is 0. The molecule has 3 heterocycles. The Hall–Kier alpha value is -4.04. The molecule has 4 aromatic rings. The predicted molar refractivity (Wildman–Crippen MR) is 151 cm³/mol. The van der Waals surface area contributed by atoms with Crippen molar-refractivity contribution in [2.75, 3.05) is 11.4 Å². The molecule has 3 aromatic carbocycles. The van der Waals surface area contributed by atoms with Gasteiger partial charge < -0.3 is 20.8 Å². The van der Waals surface area contributed by atoms with E-state index >= 15 is 0 Å². The van der Waals surface area contributed by atoms with Crippen molar-refractivity contribution in [2.24, 2.45) is 5.73 Å². The van der Waals surface area contributed by atoms with Gasteiger partial charge >= 0.3 is 0 Å². The summed E-state index contributed by atoms with van der Waals surface area (Å²) in [6.07, 6.45) is 0.513. The maximum Gasteiger partial charge on any atom is 0.247 e.